The van der Waals surface area contributed by atoms with Crippen molar-refractivity contribution in [3.63, 3.8) is 0 Å². The lowest BCUT2D eigenvalue weighted by molar-refractivity contribution is -0.122. The van der Waals surface area contributed by atoms with Crippen molar-refractivity contribution in [2.75, 3.05) is 17.7 Å². The highest BCUT2D eigenvalue weighted by Gasteiger charge is 2.32. The van der Waals surface area contributed by atoms with Gasteiger partial charge in [-0.25, -0.2) is 8.42 Å². The lowest BCUT2D eigenvalue weighted by Gasteiger charge is -2.30. The van der Waals surface area contributed by atoms with Crippen molar-refractivity contribution in [3.8, 4) is 5.75 Å². The highest BCUT2D eigenvalue weighted by molar-refractivity contribution is 7.92. The van der Waals surface area contributed by atoms with Crippen LogP contribution in [0.25, 0.3) is 0 Å². The molecule has 31 heavy (non-hydrogen) atoms. The molecule has 168 valence electrons. The number of benzene rings is 2. The standard InChI is InChI=1S/C24H32N2O4S/c1-16-10-13-23(30-4)22(14-16)26(31(5,28)29)18(3)24(27)25-17(2)20-12-11-19-8-6-7-9-21(19)15-20/h10-15,17-18H,6-9H2,1-5H3,(H,25,27)/t17-,18+/m1/s1. The van der Waals surface area contributed by atoms with Crippen LogP contribution in [0.2, 0.25) is 0 Å². The van der Waals surface area contributed by atoms with Crippen molar-refractivity contribution in [2.24, 2.45) is 0 Å². The summed E-state index contributed by atoms with van der Waals surface area (Å²) in [5, 5.41) is 2.99. The molecule has 2 aromatic rings. The first kappa shape index (κ1) is 23.1. The molecule has 0 fully saturated rings. The third-order valence-corrected chi connectivity index (χ3v) is 7.12. The van der Waals surface area contributed by atoms with Gasteiger partial charge < -0.3 is 10.1 Å². The first-order chi connectivity index (χ1) is 14.6. The lowest BCUT2D eigenvalue weighted by atomic mass is 9.89. The van der Waals surface area contributed by atoms with E-state index < -0.39 is 16.1 Å². The fraction of sp³-hybridized carbons (Fsp3) is 0.458. The van der Waals surface area contributed by atoms with E-state index in [9.17, 15) is 13.2 Å². The monoisotopic (exact) mass is 444 g/mol. The molecule has 0 unspecified atom stereocenters. The van der Waals surface area contributed by atoms with Gasteiger partial charge in [0.15, 0.2) is 0 Å². The smallest absolute Gasteiger partial charge is 0.244 e. The fourth-order valence-electron chi connectivity index (χ4n) is 4.19. The number of nitrogens with one attached hydrogen (secondary N) is 1. The maximum atomic E-state index is 13.1. The molecule has 0 saturated carbocycles. The molecule has 0 aliphatic heterocycles. The minimum atomic E-state index is -3.73. The van der Waals surface area contributed by atoms with E-state index in [4.69, 9.17) is 4.74 Å². The maximum absolute atomic E-state index is 13.1. The second kappa shape index (κ2) is 9.30. The van der Waals surface area contributed by atoms with Gasteiger partial charge in [-0.05, 0) is 80.8 Å². The van der Waals surface area contributed by atoms with Gasteiger partial charge in [0.25, 0.3) is 0 Å². The van der Waals surface area contributed by atoms with Crippen molar-refractivity contribution in [2.45, 2.75) is 58.5 Å². The van der Waals surface area contributed by atoms with Gasteiger partial charge in [0.05, 0.1) is 25.1 Å². The summed E-state index contributed by atoms with van der Waals surface area (Å²) in [6.45, 7) is 5.39. The van der Waals surface area contributed by atoms with Crippen LogP contribution in [0.3, 0.4) is 0 Å². The molecule has 0 aromatic heterocycles. The molecular weight excluding hydrogens is 412 g/mol. The summed E-state index contributed by atoms with van der Waals surface area (Å²) < 4.78 is 31.8. The van der Waals surface area contributed by atoms with Crippen molar-refractivity contribution in [3.05, 3.63) is 58.7 Å². The van der Waals surface area contributed by atoms with Gasteiger partial charge in [-0.15, -0.1) is 0 Å². The molecule has 0 radical (unpaired) electrons. The highest BCUT2D eigenvalue weighted by Crippen LogP contribution is 2.33. The van der Waals surface area contributed by atoms with Crippen LogP contribution in [0.15, 0.2) is 36.4 Å². The topological polar surface area (TPSA) is 75.7 Å². The van der Waals surface area contributed by atoms with E-state index in [-0.39, 0.29) is 11.9 Å². The average molecular weight is 445 g/mol. The van der Waals surface area contributed by atoms with E-state index in [1.165, 1.54) is 31.1 Å². The summed E-state index contributed by atoms with van der Waals surface area (Å²) in [5.41, 5.74) is 4.99. The molecule has 7 heteroatoms. The first-order valence-corrected chi connectivity index (χ1v) is 12.5. The Morgan fingerprint density at radius 1 is 1.06 bits per heavy atom. The molecule has 1 amide bonds. The Hall–Kier alpha value is -2.54. The quantitative estimate of drug-likeness (QED) is 0.702. The Labute approximate surface area is 185 Å². The number of hydrogen-bond acceptors (Lipinski definition) is 4. The molecule has 0 saturated heterocycles. The number of aryl methyl sites for hydroxylation is 3. The molecule has 1 aliphatic carbocycles. The van der Waals surface area contributed by atoms with Crippen molar-refractivity contribution >= 4 is 21.6 Å². The number of carbonyl (C=O) groups excluding carboxylic acids is 1. The molecule has 2 atom stereocenters. The first-order valence-electron chi connectivity index (χ1n) is 10.7. The fourth-order valence-corrected chi connectivity index (χ4v) is 5.36. The van der Waals surface area contributed by atoms with Gasteiger partial charge in [0, 0.05) is 0 Å². The summed E-state index contributed by atoms with van der Waals surface area (Å²) in [6.07, 6.45) is 5.69. The predicted octanol–water partition coefficient (Wildman–Crippen LogP) is 3.91. The number of hydrogen-bond donors (Lipinski definition) is 1. The van der Waals surface area contributed by atoms with Crippen LogP contribution in [0, 0.1) is 6.92 Å². The highest BCUT2D eigenvalue weighted by atomic mass is 32.2. The molecule has 6 nitrogen and oxygen atoms in total. The number of amides is 1. The third kappa shape index (κ3) is 5.21. The van der Waals surface area contributed by atoms with Crippen LogP contribution in [0.5, 0.6) is 5.75 Å². The minimum absolute atomic E-state index is 0.233. The van der Waals surface area contributed by atoms with E-state index in [0.29, 0.717) is 11.4 Å². The molecule has 0 bridgehead atoms. The average Bonchev–Trinajstić information content (AvgIpc) is 2.72. The van der Waals surface area contributed by atoms with Gasteiger partial charge in [0.1, 0.15) is 11.8 Å². The van der Waals surface area contributed by atoms with E-state index in [1.807, 2.05) is 19.9 Å². The van der Waals surface area contributed by atoms with Crippen molar-refractivity contribution < 1.29 is 17.9 Å². The number of nitrogens with zero attached hydrogens (tertiary/aromatic N) is 1. The molecule has 1 aliphatic rings. The zero-order valence-electron chi connectivity index (χ0n) is 18.9. The number of carbonyl (C=O) groups is 1. The number of methoxy groups -OCH3 is 1. The second-order valence-electron chi connectivity index (χ2n) is 8.38. The molecule has 3 rings (SSSR count). The van der Waals surface area contributed by atoms with E-state index in [2.05, 4.69) is 23.5 Å². The van der Waals surface area contributed by atoms with Crippen LogP contribution in [0.1, 0.15) is 55.0 Å². The largest absolute Gasteiger partial charge is 0.495 e. The molecule has 0 heterocycles. The Bertz CT molecular complexity index is 1070. The van der Waals surface area contributed by atoms with Gasteiger partial charge >= 0.3 is 0 Å². The van der Waals surface area contributed by atoms with E-state index >= 15 is 0 Å². The Morgan fingerprint density at radius 2 is 1.74 bits per heavy atom. The zero-order valence-corrected chi connectivity index (χ0v) is 19.8. The lowest BCUT2D eigenvalue weighted by Crippen LogP contribution is -2.48. The van der Waals surface area contributed by atoms with Crippen LogP contribution >= 0.6 is 0 Å². The Morgan fingerprint density at radius 3 is 2.39 bits per heavy atom. The normalized spacial score (nSPS) is 15.5. The van der Waals surface area contributed by atoms with Gasteiger partial charge in [-0.3, -0.25) is 9.10 Å². The molecule has 2 aromatic carbocycles. The van der Waals surface area contributed by atoms with Crippen LogP contribution in [-0.2, 0) is 27.7 Å². The van der Waals surface area contributed by atoms with Gasteiger partial charge in [-0.2, -0.15) is 0 Å². The van der Waals surface area contributed by atoms with Crippen molar-refractivity contribution in [1.82, 2.24) is 5.32 Å². The summed E-state index contributed by atoms with van der Waals surface area (Å²) in [4.78, 5) is 13.1. The third-order valence-electron chi connectivity index (χ3n) is 5.89. The zero-order chi connectivity index (χ0) is 22.8. The molecule has 1 N–H and O–H groups in total. The van der Waals surface area contributed by atoms with Crippen molar-refractivity contribution in [1.29, 1.82) is 0 Å². The summed E-state index contributed by atoms with van der Waals surface area (Å²) in [6, 6.07) is 10.5. The molecule has 0 spiro atoms. The SMILES string of the molecule is COc1ccc(C)cc1N([C@@H](C)C(=O)N[C@H](C)c1ccc2c(c1)CCCC2)S(C)(=O)=O. The predicted molar refractivity (Wildman–Crippen MR) is 124 cm³/mol. The summed E-state index contributed by atoms with van der Waals surface area (Å²) >= 11 is 0. The Kier molecular flexibility index (Phi) is 6.94. The number of anilines is 1. The van der Waals surface area contributed by atoms with Crippen LogP contribution < -0.4 is 14.4 Å². The molecular formula is C24H32N2O4S. The Balaban J connectivity index is 1.85. The van der Waals surface area contributed by atoms with E-state index in [0.717, 1.165) is 34.5 Å². The van der Waals surface area contributed by atoms with Crippen LogP contribution in [0.4, 0.5) is 5.69 Å². The van der Waals surface area contributed by atoms with Gasteiger partial charge in [-0.1, -0.05) is 24.3 Å². The van der Waals surface area contributed by atoms with Gasteiger partial charge in [0.2, 0.25) is 15.9 Å². The second-order valence-corrected chi connectivity index (χ2v) is 10.2. The minimum Gasteiger partial charge on any atom is -0.495 e. The number of sulfonamides is 1. The summed E-state index contributed by atoms with van der Waals surface area (Å²) in [5.74, 6) is 0.0395. The van der Waals surface area contributed by atoms with E-state index in [1.54, 1.807) is 19.1 Å². The maximum Gasteiger partial charge on any atom is 0.244 e. The summed E-state index contributed by atoms with van der Waals surface area (Å²) in [7, 11) is -2.25. The van der Waals surface area contributed by atoms with Crippen LogP contribution in [-0.4, -0.2) is 33.7 Å². The number of rotatable bonds is 7. The number of ether oxygens (including phenoxy) is 1. The number of fused-ring (bicyclic) bond motifs is 1.